The highest BCUT2D eigenvalue weighted by molar-refractivity contribution is 7.92. The summed E-state index contributed by atoms with van der Waals surface area (Å²) in [5, 5.41) is 3.70. The monoisotopic (exact) mass is 444 g/mol. The predicted molar refractivity (Wildman–Crippen MR) is 131 cm³/mol. The lowest BCUT2D eigenvalue weighted by Gasteiger charge is -2.37. The fourth-order valence-corrected chi connectivity index (χ4v) is 6.14. The SMILES string of the molecule is Cc1cccc(C2Nc3ccc(S(=O)(=O)Nc4cc(C)ccc4C)cc3C3C=CCC32)c1. The second-order valence-electron chi connectivity index (χ2n) is 9.06. The van der Waals surface area contributed by atoms with Crippen molar-refractivity contribution in [3.63, 3.8) is 0 Å². The summed E-state index contributed by atoms with van der Waals surface area (Å²) in [6.45, 7) is 5.98. The fraction of sp³-hybridized carbons (Fsp3) is 0.259. The molecule has 3 aromatic rings. The van der Waals surface area contributed by atoms with Crippen LogP contribution in [0.25, 0.3) is 0 Å². The standard InChI is InChI=1S/C27H28N2O2S/c1-17-6-4-7-20(14-17)27-23-9-5-8-22(23)24-16-21(12-13-25(24)28-27)32(30,31)29-26-15-18(2)10-11-19(26)3/h4-8,10-16,22-23,27-29H,9H2,1-3H3. The first-order chi connectivity index (χ1) is 15.3. The molecule has 0 spiro atoms. The number of anilines is 2. The average molecular weight is 445 g/mol. The van der Waals surface area contributed by atoms with E-state index in [2.05, 4.69) is 53.4 Å². The lowest BCUT2D eigenvalue weighted by Crippen LogP contribution is -2.29. The lowest BCUT2D eigenvalue weighted by atomic mass is 9.77. The van der Waals surface area contributed by atoms with Crippen molar-refractivity contribution >= 4 is 21.4 Å². The van der Waals surface area contributed by atoms with Crippen molar-refractivity contribution < 1.29 is 8.42 Å². The van der Waals surface area contributed by atoms with Crippen molar-refractivity contribution in [2.75, 3.05) is 10.0 Å². The maximum Gasteiger partial charge on any atom is 0.261 e. The van der Waals surface area contributed by atoms with E-state index in [9.17, 15) is 8.42 Å². The second kappa shape index (κ2) is 7.82. The van der Waals surface area contributed by atoms with E-state index in [0.717, 1.165) is 28.8 Å². The summed E-state index contributed by atoms with van der Waals surface area (Å²) in [5.74, 6) is 0.571. The molecule has 4 nitrogen and oxygen atoms in total. The molecule has 1 heterocycles. The molecule has 32 heavy (non-hydrogen) atoms. The zero-order valence-electron chi connectivity index (χ0n) is 18.6. The predicted octanol–water partition coefficient (Wildman–Crippen LogP) is 6.24. The third kappa shape index (κ3) is 3.71. The summed E-state index contributed by atoms with van der Waals surface area (Å²) in [6.07, 6.45) is 5.44. The van der Waals surface area contributed by atoms with Gasteiger partial charge < -0.3 is 5.32 Å². The summed E-state index contributed by atoms with van der Waals surface area (Å²) < 4.78 is 29.2. The number of rotatable bonds is 4. The number of sulfonamides is 1. The van der Waals surface area contributed by atoms with Gasteiger partial charge in [-0.25, -0.2) is 8.42 Å². The molecule has 1 aliphatic carbocycles. The van der Waals surface area contributed by atoms with Crippen molar-refractivity contribution in [1.29, 1.82) is 0 Å². The van der Waals surface area contributed by atoms with Gasteiger partial charge in [-0.15, -0.1) is 0 Å². The molecular formula is C27H28N2O2S. The molecule has 5 rings (SSSR count). The second-order valence-corrected chi connectivity index (χ2v) is 10.7. The first-order valence-electron chi connectivity index (χ1n) is 11.1. The maximum absolute atomic E-state index is 13.2. The Balaban J connectivity index is 1.50. The van der Waals surface area contributed by atoms with Crippen molar-refractivity contribution in [1.82, 2.24) is 0 Å². The molecule has 0 aromatic heterocycles. The fourth-order valence-electron chi connectivity index (χ4n) is 4.98. The van der Waals surface area contributed by atoms with E-state index in [1.807, 2.05) is 44.2 Å². The third-order valence-corrected chi connectivity index (χ3v) is 8.05. The van der Waals surface area contributed by atoms with Gasteiger partial charge in [0.25, 0.3) is 10.0 Å². The molecule has 2 N–H and O–H groups in total. The van der Waals surface area contributed by atoms with Crippen LogP contribution in [-0.2, 0) is 10.0 Å². The van der Waals surface area contributed by atoms with Gasteiger partial charge in [0, 0.05) is 11.6 Å². The van der Waals surface area contributed by atoms with Gasteiger partial charge in [-0.05, 0) is 79.6 Å². The Morgan fingerprint density at radius 1 is 0.938 bits per heavy atom. The highest BCUT2D eigenvalue weighted by Gasteiger charge is 2.38. The summed E-state index contributed by atoms with van der Waals surface area (Å²) >= 11 is 0. The van der Waals surface area contributed by atoms with Crippen LogP contribution in [0.5, 0.6) is 0 Å². The Hall–Kier alpha value is -3.05. The highest BCUT2D eigenvalue weighted by Crippen LogP contribution is 2.50. The first-order valence-corrected chi connectivity index (χ1v) is 12.5. The molecule has 2 aliphatic rings. The van der Waals surface area contributed by atoms with Gasteiger partial charge in [0.15, 0.2) is 0 Å². The van der Waals surface area contributed by atoms with Crippen LogP contribution in [0.15, 0.2) is 77.7 Å². The number of hydrogen-bond donors (Lipinski definition) is 2. The molecule has 0 radical (unpaired) electrons. The van der Waals surface area contributed by atoms with Gasteiger partial charge in [-0.3, -0.25) is 4.72 Å². The normalized spacial score (nSPS) is 21.5. The van der Waals surface area contributed by atoms with Crippen LogP contribution in [0.3, 0.4) is 0 Å². The molecule has 0 bridgehead atoms. The van der Waals surface area contributed by atoms with Crippen LogP contribution in [0.2, 0.25) is 0 Å². The van der Waals surface area contributed by atoms with E-state index in [1.165, 1.54) is 11.1 Å². The number of benzene rings is 3. The van der Waals surface area contributed by atoms with Crippen LogP contribution < -0.4 is 10.0 Å². The Bertz CT molecular complexity index is 1330. The minimum Gasteiger partial charge on any atom is -0.378 e. The molecule has 3 unspecified atom stereocenters. The van der Waals surface area contributed by atoms with Gasteiger partial charge in [0.2, 0.25) is 0 Å². The van der Waals surface area contributed by atoms with Crippen molar-refractivity contribution in [3.05, 3.63) is 101 Å². The zero-order chi connectivity index (χ0) is 22.5. The Labute approximate surface area is 190 Å². The van der Waals surface area contributed by atoms with Crippen LogP contribution in [0.4, 0.5) is 11.4 Å². The molecule has 5 heteroatoms. The number of allylic oxidation sites excluding steroid dienone is 2. The largest absolute Gasteiger partial charge is 0.378 e. The molecule has 0 saturated heterocycles. The van der Waals surface area contributed by atoms with E-state index < -0.39 is 10.0 Å². The number of fused-ring (bicyclic) bond motifs is 3. The molecule has 0 saturated carbocycles. The topological polar surface area (TPSA) is 58.2 Å². The van der Waals surface area contributed by atoms with Gasteiger partial charge in [-0.1, -0.05) is 54.1 Å². The van der Waals surface area contributed by atoms with E-state index in [4.69, 9.17) is 0 Å². The van der Waals surface area contributed by atoms with E-state index in [-0.39, 0.29) is 12.0 Å². The van der Waals surface area contributed by atoms with Crippen molar-refractivity contribution in [2.24, 2.45) is 5.92 Å². The van der Waals surface area contributed by atoms with Gasteiger partial charge in [0.05, 0.1) is 16.6 Å². The molecular weight excluding hydrogens is 416 g/mol. The van der Waals surface area contributed by atoms with Crippen LogP contribution in [0, 0.1) is 26.7 Å². The first kappa shape index (κ1) is 20.8. The van der Waals surface area contributed by atoms with Gasteiger partial charge in [0.1, 0.15) is 0 Å². The lowest BCUT2D eigenvalue weighted by molar-refractivity contribution is 0.425. The molecule has 3 atom stereocenters. The van der Waals surface area contributed by atoms with Crippen molar-refractivity contribution in [2.45, 2.75) is 44.0 Å². The van der Waals surface area contributed by atoms with Crippen LogP contribution in [0.1, 0.15) is 46.2 Å². The molecule has 0 amide bonds. The van der Waals surface area contributed by atoms with Gasteiger partial charge in [-0.2, -0.15) is 0 Å². The Kier molecular flexibility index (Phi) is 5.09. The summed E-state index contributed by atoms with van der Waals surface area (Å²) in [4.78, 5) is 0.298. The minimum absolute atomic E-state index is 0.201. The average Bonchev–Trinajstić information content (AvgIpc) is 3.25. The van der Waals surface area contributed by atoms with Crippen LogP contribution in [-0.4, -0.2) is 8.42 Å². The highest BCUT2D eigenvalue weighted by atomic mass is 32.2. The molecule has 164 valence electrons. The third-order valence-electron chi connectivity index (χ3n) is 6.68. The number of hydrogen-bond acceptors (Lipinski definition) is 3. The molecule has 0 fully saturated rings. The van der Waals surface area contributed by atoms with E-state index in [1.54, 1.807) is 6.07 Å². The number of aryl methyl sites for hydroxylation is 3. The maximum atomic E-state index is 13.2. The smallest absolute Gasteiger partial charge is 0.261 e. The van der Waals surface area contributed by atoms with Crippen molar-refractivity contribution in [3.8, 4) is 0 Å². The summed E-state index contributed by atoms with van der Waals surface area (Å²) in [5.41, 5.74) is 7.13. The Morgan fingerprint density at radius 3 is 2.56 bits per heavy atom. The number of nitrogens with one attached hydrogen (secondary N) is 2. The molecule has 1 aliphatic heterocycles. The van der Waals surface area contributed by atoms with Gasteiger partial charge >= 0.3 is 0 Å². The van der Waals surface area contributed by atoms with Crippen LogP contribution >= 0.6 is 0 Å². The zero-order valence-corrected chi connectivity index (χ0v) is 19.4. The summed E-state index contributed by atoms with van der Waals surface area (Å²) in [7, 11) is -3.69. The minimum atomic E-state index is -3.69. The molecule has 3 aromatic carbocycles. The Morgan fingerprint density at radius 2 is 1.75 bits per heavy atom. The van der Waals surface area contributed by atoms with E-state index >= 15 is 0 Å². The van der Waals surface area contributed by atoms with E-state index in [0.29, 0.717) is 16.5 Å². The summed E-state index contributed by atoms with van der Waals surface area (Å²) in [6, 6.07) is 20.1. The quantitative estimate of drug-likeness (QED) is 0.468.